The van der Waals surface area contributed by atoms with Crippen molar-refractivity contribution in [1.82, 2.24) is 25.0 Å². The van der Waals surface area contributed by atoms with E-state index in [1.54, 1.807) is 0 Å². The van der Waals surface area contributed by atoms with Crippen LogP contribution in [0.5, 0.6) is 0 Å². The van der Waals surface area contributed by atoms with Gasteiger partial charge in [-0.25, -0.2) is 4.98 Å². The van der Waals surface area contributed by atoms with Crippen molar-refractivity contribution in [3.8, 4) is 0 Å². The zero-order valence-corrected chi connectivity index (χ0v) is 13.7. The first kappa shape index (κ1) is 15.4. The Bertz CT molecular complexity index is 633. The third-order valence-corrected chi connectivity index (χ3v) is 4.21. The quantitative estimate of drug-likeness (QED) is 0.896. The van der Waals surface area contributed by atoms with E-state index in [4.69, 9.17) is 4.74 Å². The highest BCUT2D eigenvalue weighted by molar-refractivity contribution is 5.78. The standard InChI is InChI=1S/C16H25N5O/c1-12(11-21-4-6-22-7-5-21)17-9-14-8-15-13(2)19-20(3)16(15)18-10-14/h8,10,12,17H,4-7,9,11H2,1-3H3/t12-/m0/s1. The summed E-state index contributed by atoms with van der Waals surface area (Å²) in [6.45, 7) is 9.94. The molecule has 22 heavy (non-hydrogen) atoms. The monoisotopic (exact) mass is 303 g/mol. The molecule has 0 aromatic carbocycles. The second kappa shape index (κ2) is 6.73. The number of nitrogens with zero attached hydrogens (tertiary/aromatic N) is 4. The first-order valence-corrected chi connectivity index (χ1v) is 7.95. The number of hydrogen-bond acceptors (Lipinski definition) is 5. The smallest absolute Gasteiger partial charge is 0.157 e. The number of nitrogens with one attached hydrogen (secondary N) is 1. The van der Waals surface area contributed by atoms with Gasteiger partial charge in [0.25, 0.3) is 0 Å². The summed E-state index contributed by atoms with van der Waals surface area (Å²) in [6.07, 6.45) is 1.94. The normalized spacial score (nSPS) is 18.0. The van der Waals surface area contributed by atoms with Gasteiger partial charge < -0.3 is 10.1 Å². The van der Waals surface area contributed by atoms with Gasteiger partial charge in [-0.15, -0.1) is 0 Å². The Labute approximate surface area is 131 Å². The minimum atomic E-state index is 0.448. The first-order chi connectivity index (χ1) is 10.6. The van der Waals surface area contributed by atoms with E-state index in [1.807, 2.05) is 24.9 Å². The van der Waals surface area contributed by atoms with Gasteiger partial charge in [0.15, 0.2) is 5.65 Å². The molecular formula is C16H25N5O. The van der Waals surface area contributed by atoms with Crippen LogP contribution in [0.4, 0.5) is 0 Å². The molecule has 0 spiro atoms. The largest absolute Gasteiger partial charge is 0.379 e. The van der Waals surface area contributed by atoms with Crippen molar-refractivity contribution in [2.24, 2.45) is 7.05 Å². The summed E-state index contributed by atoms with van der Waals surface area (Å²) in [5.41, 5.74) is 3.19. The van der Waals surface area contributed by atoms with E-state index in [0.717, 1.165) is 56.1 Å². The van der Waals surface area contributed by atoms with Gasteiger partial charge in [-0.1, -0.05) is 0 Å². The van der Waals surface area contributed by atoms with Gasteiger partial charge in [0.2, 0.25) is 0 Å². The highest BCUT2D eigenvalue weighted by Gasteiger charge is 2.13. The molecule has 0 aliphatic carbocycles. The van der Waals surface area contributed by atoms with Crippen LogP contribution in [-0.4, -0.2) is 58.6 Å². The van der Waals surface area contributed by atoms with Crippen LogP contribution in [0.25, 0.3) is 11.0 Å². The van der Waals surface area contributed by atoms with Crippen molar-refractivity contribution in [1.29, 1.82) is 0 Å². The van der Waals surface area contributed by atoms with Crippen molar-refractivity contribution >= 4 is 11.0 Å². The van der Waals surface area contributed by atoms with Crippen LogP contribution in [0.2, 0.25) is 0 Å². The molecule has 2 aromatic rings. The number of ether oxygens (including phenoxy) is 1. The fraction of sp³-hybridized carbons (Fsp3) is 0.625. The van der Waals surface area contributed by atoms with E-state index in [2.05, 4.69) is 33.3 Å². The average molecular weight is 303 g/mol. The molecule has 3 heterocycles. The third-order valence-electron chi connectivity index (χ3n) is 4.21. The summed E-state index contributed by atoms with van der Waals surface area (Å²) in [5.74, 6) is 0. The lowest BCUT2D eigenvalue weighted by Gasteiger charge is -2.29. The Balaban J connectivity index is 1.57. The molecule has 1 fully saturated rings. The fourth-order valence-electron chi connectivity index (χ4n) is 2.98. The second-order valence-electron chi connectivity index (χ2n) is 6.12. The highest BCUT2D eigenvalue weighted by Crippen LogP contribution is 2.16. The van der Waals surface area contributed by atoms with Crippen LogP contribution in [0.15, 0.2) is 12.3 Å². The number of aryl methyl sites for hydroxylation is 2. The number of rotatable bonds is 5. The number of fused-ring (bicyclic) bond motifs is 1. The zero-order valence-electron chi connectivity index (χ0n) is 13.7. The predicted molar refractivity (Wildman–Crippen MR) is 86.8 cm³/mol. The third kappa shape index (κ3) is 3.45. The van der Waals surface area contributed by atoms with Gasteiger partial charge >= 0.3 is 0 Å². The Morgan fingerprint density at radius 1 is 1.36 bits per heavy atom. The van der Waals surface area contributed by atoms with Gasteiger partial charge in [-0.2, -0.15) is 5.10 Å². The van der Waals surface area contributed by atoms with Gasteiger partial charge in [0.1, 0.15) is 0 Å². The zero-order chi connectivity index (χ0) is 15.5. The van der Waals surface area contributed by atoms with E-state index in [-0.39, 0.29) is 0 Å². The summed E-state index contributed by atoms with van der Waals surface area (Å²) in [5, 5.41) is 9.15. The maximum absolute atomic E-state index is 5.39. The van der Waals surface area contributed by atoms with Gasteiger partial charge in [-0.3, -0.25) is 9.58 Å². The highest BCUT2D eigenvalue weighted by atomic mass is 16.5. The molecule has 0 unspecified atom stereocenters. The minimum Gasteiger partial charge on any atom is -0.379 e. The Kier molecular flexibility index (Phi) is 4.71. The second-order valence-corrected chi connectivity index (χ2v) is 6.12. The maximum atomic E-state index is 5.39. The van der Waals surface area contributed by atoms with Crippen molar-refractivity contribution in [3.63, 3.8) is 0 Å². The van der Waals surface area contributed by atoms with Crippen LogP contribution in [0.1, 0.15) is 18.2 Å². The fourth-order valence-corrected chi connectivity index (χ4v) is 2.98. The lowest BCUT2D eigenvalue weighted by Crippen LogP contribution is -2.44. The van der Waals surface area contributed by atoms with Crippen molar-refractivity contribution in [2.45, 2.75) is 26.4 Å². The molecule has 0 bridgehead atoms. The molecule has 1 saturated heterocycles. The Morgan fingerprint density at radius 3 is 2.91 bits per heavy atom. The molecular weight excluding hydrogens is 278 g/mol. The minimum absolute atomic E-state index is 0.448. The van der Waals surface area contributed by atoms with Gasteiger partial charge in [0, 0.05) is 50.9 Å². The van der Waals surface area contributed by atoms with Crippen LogP contribution < -0.4 is 5.32 Å². The number of hydrogen-bond donors (Lipinski definition) is 1. The Hall–Kier alpha value is -1.50. The van der Waals surface area contributed by atoms with E-state index >= 15 is 0 Å². The summed E-state index contributed by atoms with van der Waals surface area (Å²) in [4.78, 5) is 6.98. The molecule has 6 nitrogen and oxygen atoms in total. The molecule has 3 rings (SSSR count). The summed E-state index contributed by atoms with van der Waals surface area (Å²) >= 11 is 0. The average Bonchev–Trinajstić information content (AvgIpc) is 2.81. The van der Waals surface area contributed by atoms with E-state index < -0.39 is 0 Å². The summed E-state index contributed by atoms with van der Waals surface area (Å²) in [7, 11) is 1.94. The molecule has 1 atom stereocenters. The van der Waals surface area contributed by atoms with Crippen LogP contribution in [-0.2, 0) is 18.3 Å². The van der Waals surface area contributed by atoms with Gasteiger partial charge in [-0.05, 0) is 25.5 Å². The van der Waals surface area contributed by atoms with E-state index in [9.17, 15) is 0 Å². The summed E-state index contributed by atoms with van der Waals surface area (Å²) in [6, 6.07) is 2.64. The summed E-state index contributed by atoms with van der Waals surface area (Å²) < 4.78 is 7.22. The SMILES string of the molecule is Cc1nn(C)c2ncc(CN[C@@H](C)CN3CCOCC3)cc12. The molecule has 0 amide bonds. The van der Waals surface area contributed by atoms with Crippen LogP contribution in [0, 0.1) is 6.92 Å². The van der Waals surface area contributed by atoms with Crippen LogP contribution >= 0.6 is 0 Å². The van der Waals surface area contributed by atoms with E-state index in [1.165, 1.54) is 5.56 Å². The first-order valence-electron chi connectivity index (χ1n) is 7.95. The maximum Gasteiger partial charge on any atom is 0.157 e. The van der Waals surface area contributed by atoms with Crippen molar-refractivity contribution in [2.75, 3.05) is 32.8 Å². The molecule has 120 valence electrons. The van der Waals surface area contributed by atoms with E-state index in [0.29, 0.717) is 6.04 Å². The van der Waals surface area contributed by atoms with Crippen molar-refractivity contribution in [3.05, 3.63) is 23.5 Å². The molecule has 1 aliphatic rings. The molecule has 1 N–H and O–H groups in total. The molecule has 1 aliphatic heterocycles. The lowest BCUT2D eigenvalue weighted by molar-refractivity contribution is 0.0343. The Morgan fingerprint density at radius 2 is 2.14 bits per heavy atom. The lowest BCUT2D eigenvalue weighted by atomic mass is 10.2. The topological polar surface area (TPSA) is 55.2 Å². The molecule has 2 aromatic heterocycles. The predicted octanol–water partition coefficient (Wildman–Crippen LogP) is 1.09. The number of aromatic nitrogens is 3. The number of morpholine rings is 1. The van der Waals surface area contributed by atoms with Crippen molar-refractivity contribution < 1.29 is 4.74 Å². The van der Waals surface area contributed by atoms with Crippen LogP contribution in [0.3, 0.4) is 0 Å². The molecule has 0 saturated carbocycles. The molecule has 6 heteroatoms. The van der Waals surface area contributed by atoms with Gasteiger partial charge in [0.05, 0.1) is 18.9 Å². The number of pyridine rings is 1. The molecule has 0 radical (unpaired) electrons.